The maximum absolute atomic E-state index is 13.4. The van der Waals surface area contributed by atoms with Gasteiger partial charge in [-0.2, -0.15) is 4.99 Å². The number of rotatable bonds is 2. The summed E-state index contributed by atoms with van der Waals surface area (Å²) in [5.41, 5.74) is 2.82. The molecule has 1 fully saturated rings. The molecule has 1 unspecified atom stereocenters. The number of para-hydroxylation sites is 1. The Morgan fingerprint density at radius 1 is 1.09 bits per heavy atom. The van der Waals surface area contributed by atoms with Crippen molar-refractivity contribution in [3.8, 4) is 0 Å². The molecular formula is C26H29N5O4. The van der Waals surface area contributed by atoms with E-state index < -0.39 is 5.91 Å². The van der Waals surface area contributed by atoms with Crippen molar-refractivity contribution < 1.29 is 19.1 Å². The fourth-order valence-corrected chi connectivity index (χ4v) is 4.75. The second-order valence-corrected chi connectivity index (χ2v) is 9.19. The van der Waals surface area contributed by atoms with Crippen LogP contribution in [0.15, 0.2) is 47.5 Å². The quantitative estimate of drug-likeness (QED) is 0.692. The molecule has 2 N–H and O–H groups in total. The SMILES string of the molecule is COC1CN(C(=O)c2cccc3c2N2/C(=N/C(=O)c4cccc(c4)C(=O)NCCCCC2C)N3)C1. The Balaban J connectivity index is 1.53. The van der Waals surface area contributed by atoms with Crippen molar-refractivity contribution in [2.75, 3.05) is 37.0 Å². The Kier molecular flexibility index (Phi) is 6.25. The number of nitrogens with one attached hydrogen (secondary N) is 2. The Morgan fingerprint density at radius 3 is 2.66 bits per heavy atom. The molecule has 5 rings (SSSR count). The van der Waals surface area contributed by atoms with Crippen LogP contribution in [0, 0.1) is 0 Å². The van der Waals surface area contributed by atoms with Crippen LogP contribution in [0.4, 0.5) is 11.4 Å². The van der Waals surface area contributed by atoms with Gasteiger partial charge in [0.2, 0.25) is 5.96 Å². The largest absolute Gasteiger partial charge is 0.378 e. The van der Waals surface area contributed by atoms with Crippen molar-refractivity contribution in [2.24, 2.45) is 4.99 Å². The van der Waals surface area contributed by atoms with Crippen molar-refractivity contribution in [3.63, 3.8) is 0 Å². The first kappa shape index (κ1) is 23.0. The number of aliphatic imine (C=N–C) groups is 1. The summed E-state index contributed by atoms with van der Waals surface area (Å²) >= 11 is 0. The molecule has 3 heterocycles. The van der Waals surface area contributed by atoms with Gasteiger partial charge in [0.1, 0.15) is 0 Å². The van der Waals surface area contributed by atoms with Crippen LogP contribution in [-0.2, 0) is 4.74 Å². The van der Waals surface area contributed by atoms with Gasteiger partial charge >= 0.3 is 0 Å². The minimum absolute atomic E-state index is 0.0302. The van der Waals surface area contributed by atoms with Crippen LogP contribution in [0.25, 0.3) is 0 Å². The number of fused-ring (bicyclic) bond motifs is 5. The monoisotopic (exact) mass is 475 g/mol. The Morgan fingerprint density at radius 2 is 1.86 bits per heavy atom. The first-order chi connectivity index (χ1) is 17.0. The fourth-order valence-electron chi connectivity index (χ4n) is 4.75. The van der Waals surface area contributed by atoms with Crippen molar-refractivity contribution in [3.05, 3.63) is 59.2 Å². The van der Waals surface area contributed by atoms with E-state index in [0.717, 1.165) is 30.6 Å². The van der Waals surface area contributed by atoms with E-state index in [1.807, 2.05) is 23.1 Å². The molecule has 9 heteroatoms. The Bertz CT molecular complexity index is 1200. The molecule has 0 saturated carbocycles. The lowest BCUT2D eigenvalue weighted by atomic mass is 10.0. The minimum Gasteiger partial charge on any atom is -0.378 e. The van der Waals surface area contributed by atoms with Gasteiger partial charge in [0.15, 0.2) is 0 Å². The zero-order valence-corrected chi connectivity index (χ0v) is 19.9. The highest BCUT2D eigenvalue weighted by Crippen LogP contribution is 2.39. The molecule has 0 aliphatic carbocycles. The molecule has 0 aromatic heterocycles. The van der Waals surface area contributed by atoms with Crippen molar-refractivity contribution in [1.29, 1.82) is 0 Å². The zero-order chi connectivity index (χ0) is 24.5. The van der Waals surface area contributed by atoms with E-state index in [-0.39, 0.29) is 24.0 Å². The topological polar surface area (TPSA) is 103 Å². The number of anilines is 2. The summed E-state index contributed by atoms with van der Waals surface area (Å²) in [4.78, 5) is 47.1. The van der Waals surface area contributed by atoms with Gasteiger partial charge in [-0.15, -0.1) is 0 Å². The predicted octanol–water partition coefficient (Wildman–Crippen LogP) is 2.89. The van der Waals surface area contributed by atoms with E-state index in [1.165, 1.54) is 0 Å². The van der Waals surface area contributed by atoms with Gasteiger partial charge in [0.25, 0.3) is 17.7 Å². The second kappa shape index (κ2) is 9.50. The van der Waals surface area contributed by atoms with E-state index >= 15 is 0 Å². The summed E-state index contributed by atoms with van der Waals surface area (Å²) in [6.45, 7) is 3.74. The number of amides is 3. The van der Waals surface area contributed by atoms with Gasteiger partial charge in [0.05, 0.1) is 23.0 Å². The van der Waals surface area contributed by atoms with E-state index in [1.54, 1.807) is 36.3 Å². The maximum atomic E-state index is 13.4. The zero-order valence-electron chi connectivity index (χ0n) is 19.9. The summed E-state index contributed by atoms with van der Waals surface area (Å²) in [7, 11) is 1.65. The molecule has 182 valence electrons. The Labute approximate surface area is 204 Å². The number of likely N-dealkylation sites (tertiary alicyclic amines) is 1. The lowest BCUT2D eigenvalue weighted by molar-refractivity contribution is -0.0191. The summed E-state index contributed by atoms with van der Waals surface area (Å²) in [5.74, 6) is -0.326. The number of carbonyl (C=O) groups is 3. The molecule has 3 aliphatic heterocycles. The van der Waals surface area contributed by atoms with Crippen LogP contribution < -0.4 is 15.5 Å². The highest BCUT2D eigenvalue weighted by molar-refractivity contribution is 6.22. The number of hydrogen-bond donors (Lipinski definition) is 2. The Hall–Kier alpha value is -3.72. The van der Waals surface area contributed by atoms with Gasteiger partial charge in [-0.3, -0.25) is 14.4 Å². The van der Waals surface area contributed by atoms with Crippen LogP contribution in [0.3, 0.4) is 0 Å². The summed E-state index contributed by atoms with van der Waals surface area (Å²) in [5, 5.41) is 6.19. The third-order valence-corrected chi connectivity index (χ3v) is 6.80. The lowest BCUT2D eigenvalue weighted by Gasteiger charge is -2.38. The molecule has 2 bridgehead atoms. The average molecular weight is 476 g/mol. The predicted molar refractivity (Wildman–Crippen MR) is 133 cm³/mol. The highest BCUT2D eigenvalue weighted by Gasteiger charge is 2.38. The number of guanidine groups is 1. The lowest BCUT2D eigenvalue weighted by Crippen LogP contribution is -2.54. The maximum Gasteiger partial charge on any atom is 0.280 e. The number of methoxy groups -OCH3 is 1. The van der Waals surface area contributed by atoms with Gasteiger partial charge in [-0.1, -0.05) is 12.1 Å². The third-order valence-electron chi connectivity index (χ3n) is 6.80. The smallest absolute Gasteiger partial charge is 0.280 e. The molecule has 3 amide bonds. The first-order valence-corrected chi connectivity index (χ1v) is 12.0. The number of nitrogens with zero attached hydrogens (tertiary/aromatic N) is 3. The van der Waals surface area contributed by atoms with Gasteiger partial charge < -0.3 is 25.2 Å². The molecule has 35 heavy (non-hydrogen) atoms. The van der Waals surface area contributed by atoms with Gasteiger partial charge in [-0.25, -0.2) is 0 Å². The molecule has 2 aromatic carbocycles. The van der Waals surface area contributed by atoms with Crippen molar-refractivity contribution in [2.45, 2.75) is 38.3 Å². The molecule has 2 aromatic rings. The highest BCUT2D eigenvalue weighted by atomic mass is 16.5. The fraction of sp³-hybridized carbons (Fsp3) is 0.385. The van der Waals surface area contributed by atoms with Crippen molar-refractivity contribution >= 4 is 35.1 Å². The molecule has 1 saturated heterocycles. The molecule has 1 atom stereocenters. The van der Waals surface area contributed by atoms with Gasteiger partial charge in [0, 0.05) is 43.9 Å². The first-order valence-electron chi connectivity index (χ1n) is 12.0. The molecule has 0 spiro atoms. The number of carbonyl (C=O) groups excluding carboxylic acids is 3. The number of benzene rings is 2. The van der Waals surface area contributed by atoms with Crippen LogP contribution in [0.1, 0.15) is 57.3 Å². The summed E-state index contributed by atoms with van der Waals surface area (Å²) in [6.07, 6.45) is 2.55. The van der Waals surface area contributed by atoms with Crippen LogP contribution in [0.5, 0.6) is 0 Å². The van der Waals surface area contributed by atoms with Gasteiger partial charge in [-0.05, 0) is 56.5 Å². The third kappa shape index (κ3) is 4.39. The summed E-state index contributed by atoms with van der Waals surface area (Å²) < 4.78 is 5.33. The van der Waals surface area contributed by atoms with E-state index in [4.69, 9.17) is 4.74 Å². The second-order valence-electron chi connectivity index (χ2n) is 9.19. The van der Waals surface area contributed by atoms with E-state index in [0.29, 0.717) is 42.3 Å². The summed E-state index contributed by atoms with van der Waals surface area (Å²) in [6, 6.07) is 12.1. The molecule has 9 nitrogen and oxygen atoms in total. The van der Waals surface area contributed by atoms with Crippen LogP contribution in [0.2, 0.25) is 0 Å². The standard InChI is InChI=1S/C26H29N5O4/c1-16-7-3-4-12-27-23(32)17-8-5-9-18(13-17)24(33)29-26-28-21-11-6-10-20(22(21)31(16)26)25(34)30-14-19(15-30)35-2/h5-6,8-11,13,16,19H,3-4,7,12,14-15H2,1-2H3,(H,27,32)(H,28,29,33). The number of hydrogen-bond acceptors (Lipinski definition) is 6. The van der Waals surface area contributed by atoms with Crippen molar-refractivity contribution in [1.82, 2.24) is 10.2 Å². The number of ether oxygens (including phenoxy) is 1. The molecular weight excluding hydrogens is 446 g/mol. The van der Waals surface area contributed by atoms with E-state index in [2.05, 4.69) is 22.5 Å². The van der Waals surface area contributed by atoms with Crippen LogP contribution in [-0.4, -0.2) is 67.5 Å². The molecule has 0 radical (unpaired) electrons. The van der Waals surface area contributed by atoms with E-state index in [9.17, 15) is 14.4 Å². The minimum atomic E-state index is -0.456. The normalized spacial score (nSPS) is 22.1. The van der Waals surface area contributed by atoms with Crippen LogP contribution >= 0.6 is 0 Å². The average Bonchev–Trinajstić information content (AvgIpc) is 3.20. The molecule has 3 aliphatic rings.